The summed E-state index contributed by atoms with van der Waals surface area (Å²) in [4.78, 5) is 99.3. The van der Waals surface area contributed by atoms with Crippen LogP contribution in [0.3, 0.4) is 0 Å². The minimum atomic E-state index is -0.495. The number of ether oxygens (including phenoxy) is 6. The molecule has 15 atom stereocenters. The first-order chi connectivity index (χ1) is 67.5. The summed E-state index contributed by atoms with van der Waals surface area (Å²) in [5, 5.41) is 19.4. The fourth-order valence-electron chi connectivity index (χ4n) is 27.7. The minimum absolute atomic E-state index is 0.0121. The number of hydrogen-bond donors (Lipinski definition) is 2. The number of rotatable bonds is 9. The van der Waals surface area contributed by atoms with Crippen molar-refractivity contribution in [1.82, 2.24) is 68.5 Å². The number of hydrogen-bond acceptors (Lipinski definition) is 23. The Labute approximate surface area is 819 Å². The Morgan fingerprint density at radius 3 is 1.15 bits per heavy atom. The van der Waals surface area contributed by atoms with Gasteiger partial charge in [0.2, 0.25) is 5.78 Å². The van der Waals surface area contributed by atoms with E-state index in [2.05, 4.69) is 214 Å². The highest BCUT2D eigenvalue weighted by atomic mass is 16.7. The number of fused-ring (bicyclic) bond motifs is 11. The number of aliphatic hydroxyl groups is 2. The lowest BCUT2D eigenvalue weighted by Gasteiger charge is -2.53. The SMILES string of the molecule is C[C@H]1[C@@H]2CC=C(Cc3cccc(-c4cncnc4)c3)C(=O)[C@@]2(C)CCC12OCCO2.C[C@H]1[C@@H]2CC=C(O)C(=O)[C@@]2(C)CCC12OCCO2.Cc1nc2c(n1-c1cccc(-c3cncnc3)c1)CC[C@H]1[C@H](C)C(=O)/C(=C\O)C[C@]21C.Cc1nc2c(n1-c1cccc(-c3cncnc3)c1)CC[C@H]1[C@H](C)C(=O)CC[C@]21C.Cc1nc2c(n1-c1cccc(-c3cncnc3)c1)CC[C@H]1[C@H](C)C3(CC[C@]21C)OCCO3. The number of aryl methyl sites for hydroxylation is 3. The molecule has 0 bridgehead atoms. The van der Waals surface area contributed by atoms with E-state index >= 15 is 0 Å². The lowest BCUT2D eigenvalue weighted by atomic mass is 9.55. The van der Waals surface area contributed by atoms with Gasteiger partial charge in [-0.05, 0) is 210 Å². The Morgan fingerprint density at radius 1 is 0.386 bits per heavy atom. The van der Waals surface area contributed by atoms with Crippen LogP contribution in [-0.2, 0) is 89.5 Å². The third-order valence-electron chi connectivity index (χ3n) is 35.4. The van der Waals surface area contributed by atoms with Crippen molar-refractivity contribution in [3.05, 3.63) is 264 Å². The second kappa shape index (κ2) is 37.8. The fourth-order valence-corrected chi connectivity index (χ4v) is 27.7. The molecule has 4 aromatic carbocycles. The molecule has 728 valence electrons. The summed E-state index contributed by atoms with van der Waals surface area (Å²) >= 11 is 0. The summed E-state index contributed by atoms with van der Waals surface area (Å²) in [5.41, 5.74) is 20.7. The second-order valence-corrected chi connectivity index (χ2v) is 42.7. The first-order valence-electron chi connectivity index (χ1n) is 50.6. The average Bonchev–Trinajstić information content (AvgIpc) is 1.51. The van der Waals surface area contributed by atoms with Crippen molar-refractivity contribution in [3.8, 4) is 61.6 Å². The Kier molecular flexibility index (Phi) is 25.8. The van der Waals surface area contributed by atoms with Crippen molar-refractivity contribution < 1.29 is 57.8 Å². The van der Waals surface area contributed by atoms with Gasteiger partial charge in [-0.15, -0.1) is 0 Å². The summed E-state index contributed by atoms with van der Waals surface area (Å²) in [6, 6.07) is 33.8. The molecule has 3 saturated heterocycles. The van der Waals surface area contributed by atoms with E-state index in [-0.39, 0.29) is 86.2 Å². The van der Waals surface area contributed by atoms with Crippen molar-refractivity contribution in [2.75, 3.05) is 39.6 Å². The van der Waals surface area contributed by atoms with Crippen LogP contribution < -0.4 is 0 Å². The zero-order valence-electron chi connectivity index (χ0n) is 82.9. The Morgan fingerprint density at radius 2 is 0.736 bits per heavy atom. The molecule has 7 aromatic heterocycles. The van der Waals surface area contributed by atoms with Gasteiger partial charge < -0.3 is 52.3 Å². The molecule has 3 spiro atoms. The largest absolute Gasteiger partial charge is 0.515 e. The van der Waals surface area contributed by atoms with E-state index in [9.17, 15) is 29.4 Å². The molecule has 10 aliphatic carbocycles. The molecule has 13 aliphatic rings. The minimum Gasteiger partial charge on any atom is -0.515 e. The summed E-state index contributed by atoms with van der Waals surface area (Å²) < 4.78 is 43.0. The Hall–Kier alpha value is -11.9. The molecule has 3 aliphatic heterocycles. The molecule has 140 heavy (non-hydrogen) atoms. The van der Waals surface area contributed by atoms with Crippen LogP contribution >= 0.6 is 0 Å². The smallest absolute Gasteiger partial charge is 0.202 e. The highest BCUT2D eigenvalue weighted by Crippen LogP contribution is 2.62. The monoisotopic (exact) mass is 1890 g/mol. The van der Waals surface area contributed by atoms with Crippen LogP contribution in [-0.4, -0.2) is 159 Å². The number of Topliss-reactive ketones (excluding diaryl/α,β-unsaturated/α-hetero) is 4. The van der Waals surface area contributed by atoms with Gasteiger partial charge in [-0.2, -0.15) is 0 Å². The maximum absolute atomic E-state index is 13.6. The first-order valence-corrected chi connectivity index (χ1v) is 50.6. The van der Waals surface area contributed by atoms with Crippen molar-refractivity contribution in [3.63, 3.8) is 0 Å². The van der Waals surface area contributed by atoms with E-state index in [0.717, 1.165) is 212 Å². The van der Waals surface area contributed by atoms with Gasteiger partial charge in [-0.25, -0.2) is 54.8 Å². The number of nitrogens with zero attached hydrogens (tertiary/aromatic N) is 14. The van der Waals surface area contributed by atoms with Gasteiger partial charge in [0, 0.05) is 200 Å². The van der Waals surface area contributed by atoms with Gasteiger partial charge in [-0.1, -0.05) is 136 Å². The van der Waals surface area contributed by atoms with E-state index < -0.39 is 17.0 Å². The summed E-state index contributed by atoms with van der Waals surface area (Å²) in [6.45, 7) is 32.1. The van der Waals surface area contributed by atoms with Crippen LogP contribution in [0.4, 0.5) is 0 Å². The predicted molar refractivity (Wildman–Crippen MR) is 530 cm³/mol. The van der Waals surface area contributed by atoms with Crippen molar-refractivity contribution in [1.29, 1.82) is 0 Å². The Balaban J connectivity index is 0.000000109. The van der Waals surface area contributed by atoms with Gasteiger partial charge in [-0.3, -0.25) is 19.2 Å². The molecule has 10 heterocycles. The van der Waals surface area contributed by atoms with Gasteiger partial charge in [0.05, 0.1) is 63.0 Å². The van der Waals surface area contributed by atoms with E-state index in [0.29, 0.717) is 80.6 Å². The van der Waals surface area contributed by atoms with Crippen LogP contribution in [0.15, 0.2) is 207 Å². The molecule has 26 nitrogen and oxygen atoms in total. The zero-order chi connectivity index (χ0) is 97.6. The maximum Gasteiger partial charge on any atom is 0.202 e. The van der Waals surface area contributed by atoms with Gasteiger partial charge in [0.15, 0.2) is 34.7 Å². The van der Waals surface area contributed by atoms with Crippen molar-refractivity contribution >= 4 is 23.1 Å². The van der Waals surface area contributed by atoms with Crippen LogP contribution in [0.5, 0.6) is 0 Å². The summed E-state index contributed by atoms with van der Waals surface area (Å²) in [5.74, 6) is 4.61. The third kappa shape index (κ3) is 16.7. The molecule has 26 heteroatoms. The van der Waals surface area contributed by atoms with Crippen LogP contribution in [0.25, 0.3) is 61.6 Å². The Bertz CT molecular complexity index is 6610. The second-order valence-electron chi connectivity index (χ2n) is 42.7. The van der Waals surface area contributed by atoms with Crippen LogP contribution in [0.2, 0.25) is 0 Å². The average molecular weight is 1890 g/mol. The summed E-state index contributed by atoms with van der Waals surface area (Å²) in [6.07, 6.45) is 41.1. The number of imidazole rings is 3. The molecule has 0 radical (unpaired) electrons. The molecule has 5 saturated carbocycles. The van der Waals surface area contributed by atoms with Gasteiger partial charge in [0.1, 0.15) is 48.6 Å². The molecule has 0 unspecified atom stereocenters. The summed E-state index contributed by atoms with van der Waals surface area (Å²) in [7, 11) is 0. The van der Waals surface area contributed by atoms with Crippen molar-refractivity contribution in [2.45, 2.75) is 239 Å². The van der Waals surface area contributed by atoms with Crippen molar-refractivity contribution in [2.24, 2.45) is 70.0 Å². The molecule has 0 amide bonds. The van der Waals surface area contributed by atoms with Gasteiger partial charge in [0.25, 0.3) is 0 Å². The van der Waals surface area contributed by atoms with Crippen LogP contribution in [0.1, 0.15) is 216 Å². The van der Waals surface area contributed by atoms with E-state index in [1.165, 1.54) is 41.1 Å². The number of carbonyl (C=O) groups excluding carboxylic acids is 4. The maximum atomic E-state index is 13.6. The quantitative estimate of drug-likeness (QED) is 0.100. The molecular weight excluding hydrogens is 1760 g/mol. The number of carbonyl (C=O) groups is 4. The molecule has 24 rings (SSSR count). The first kappa shape index (κ1) is 95.6. The van der Waals surface area contributed by atoms with E-state index in [1.54, 1.807) is 18.7 Å². The van der Waals surface area contributed by atoms with Crippen LogP contribution in [0, 0.1) is 90.8 Å². The topological polar surface area (TPSA) is 321 Å². The number of aliphatic hydroxyl groups excluding tert-OH is 2. The normalized spacial score (nSPS) is 29.8. The standard InChI is InChI=1S/C26H30N4O2.C25H26N4O2.C25H28N2O3.C24H26N4O.C14H20O4/c1-17-22-7-8-23-24(25(22,3)9-10-26(17)31-11-12-32-26)29-18(2)30(23)21-6-4-5-19(13-21)20-14-27-16-28-15-20;1-15-21-7-8-22-24(25(21,3)10-18(13-30)23(15)31)28-16(2)29(22)20-6-4-5-17(9-20)19-11-26-14-27-12-19;1-17-22-7-6-20(23(28)24(22,2)8-9-25(17)29-10-11-30-25)13-18-4-3-5-19(12-18)21-14-26-16-27-15-21;1-15-20-7-8-21-23(24(20,3)10-9-22(15)29)27-16(2)28(21)19-6-4-5-17(11-19)18-12-25-14-26-13-18;1-9-10-3-4-11(15)12(16)13(10,2)5-6-14(9)17-7-8-18-14/h4-6,13-17,22H,7-12H2,1-3H3;4-6,9,11-15,21,30H,7-8,10H2,1-3H3;3-6,12,14-17,22H,7-11,13H2,1-2H3;4-6,11-15,20H,7-10H2,1-3H3;4,9-10,15H,3,5-8H2,1-2H3/b;18-13-;;;/t17-,22-,25-;15-,21-,25-;17-,22-,24-;15-,20-,24-;9-,10-,13-/m00000/s1. The number of allylic oxidation sites excluding steroid dienone is 5. The third-order valence-corrected chi connectivity index (χ3v) is 35.4. The van der Waals surface area contributed by atoms with Gasteiger partial charge >= 0.3 is 0 Å². The molecule has 2 N–H and O–H groups in total. The van der Waals surface area contributed by atoms with E-state index in [1.807, 2.05) is 82.5 Å². The van der Waals surface area contributed by atoms with E-state index in [4.69, 9.17) is 43.4 Å². The number of ketones is 4. The predicted octanol–water partition coefficient (Wildman–Crippen LogP) is 20.2. The highest BCUT2D eigenvalue weighted by Gasteiger charge is 2.63. The molecular formula is C114H130N14O12. The lowest BCUT2D eigenvalue weighted by Crippen LogP contribution is -2.55. The number of benzene rings is 4. The number of aromatic nitrogens is 14. The fraction of sp³-hybridized carbons (Fsp3) is 0.482. The zero-order valence-corrected chi connectivity index (χ0v) is 82.9. The molecule has 11 aromatic rings. The highest BCUT2D eigenvalue weighted by molar-refractivity contribution is 6.01. The molecule has 8 fully saturated rings. The lowest BCUT2D eigenvalue weighted by molar-refractivity contribution is -0.240.